The Kier molecular flexibility index (Phi) is 7.98. The molecule has 2 N–H and O–H groups in total. The molecule has 3 aromatic carbocycles. The van der Waals surface area contributed by atoms with E-state index >= 15 is 0 Å². The summed E-state index contributed by atoms with van der Waals surface area (Å²) in [7, 11) is 0. The number of hydrazone groups is 1. The number of benzene rings is 3. The topological polar surface area (TPSA) is 75.5 Å². The molecule has 4 rings (SSSR count). The van der Waals surface area contributed by atoms with E-state index in [4.69, 9.17) is 0 Å². The lowest BCUT2D eigenvalue weighted by Gasteiger charge is -2.18. The lowest BCUT2D eigenvalue weighted by molar-refractivity contribution is -0.121. The van der Waals surface area contributed by atoms with Crippen molar-refractivity contribution in [3.63, 3.8) is 0 Å². The number of hydrogen-bond donors (Lipinski definition) is 2. The number of nitrogens with zero attached hydrogens (tertiary/aromatic N) is 2. The Labute approximate surface area is 218 Å². The molecule has 6 heteroatoms. The third-order valence-electron chi connectivity index (χ3n) is 6.54. The highest BCUT2D eigenvalue weighted by Crippen LogP contribution is 2.22. The van der Waals surface area contributed by atoms with Gasteiger partial charge in [-0.05, 0) is 74.7 Å². The molecule has 0 aliphatic carbocycles. The fourth-order valence-electron chi connectivity index (χ4n) is 4.35. The largest absolute Gasteiger partial charge is 0.345 e. The number of hydrogen-bond acceptors (Lipinski definition) is 3. The molecule has 1 heterocycles. The smallest absolute Gasteiger partial charge is 0.251 e. The van der Waals surface area contributed by atoms with Crippen LogP contribution in [0.2, 0.25) is 0 Å². The van der Waals surface area contributed by atoms with Gasteiger partial charge in [-0.3, -0.25) is 9.59 Å². The first-order valence-electron chi connectivity index (χ1n) is 12.3. The van der Waals surface area contributed by atoms with Gasteiger partial charge in [-0.1, -0.05) is 54.6 Å². The zero-order valence-corrected chi connectivity index (χ0v) is 21.7. The average molecular weight is 493 g/mol. The van der Waals surface area contributed by atoms with Crippen LogP contribution in [0, 0.1) is 27.7 Å². The summed E-state index contributed by atoms with van der Waals surface area (Å²) < 4.78 is 2.18. The van der Waals surface area contributed by atoms with Crippen LogP contribution in [0.1, 0.15) is 56.5 Å². The minimum atomic E-state index is -0.487. The molecule has 0 aliphatic rings. The summed E-state index contributed by atoms with van der Waals surface area (Å²) in [4.78, 5) is 25.6. The van der Waals surface area contributed by atoms with E-state index in [1.807, 2.05) is 61.5 Å². The van der Waals surface area contributed by atoms with E-state index in [2.05, 4.69) is 59.4 Å². The average Bonchev–Trinajstić information content (AvgIpc) is 3.19. The highest BCUT2D eigenvalue weighted by atomic mass is 16.2. The molecule has 0 fully saturated rings. The molecule has 0 radical (unpaired) electrons. The Bertz CT molecular complexity index is 1420. The summed E-state index contributed by atoms with van der Waals surface area (Å²) >= 11 is 0. The quantitative estimate of drug-likeness (QED) is 0.244. The summed E-state index contributed by atoms with van der Waals surface area (Å²) in [6.45, 7) is 8.30. The number of amides is 2. The zero-order valence-electron chi connectivity index (χ0n) is 21.7. The summed E-state index contributed by atoms with van der Waals surface area (Å²) in [6.07, 6.45) is 1.72. The molecule has 6 nitrogen and oxygen atoms in total. The van der Waals surface area contributed by atoms with Crippen LogP contribution in [0.5, 0.6) is 0 Å². The van der Waals surface area contributed by atoms with Crippen LogP contribution in [0.25, 0.3) is 5.69 Å². The fraction of sp³-hybridized carbons (Fsp3) is 0.194. The van der Waals surface area contributed by atoms with Gasteiger partial charge in [0.15, 0.2) is 0 Å². The van der Waals surface area contributed by atoms with E-state index in [1.165, 1.54) is 11.1 Å². The zero-order chi connectivity index (χ0) is 26.4. The number of carbonyl (C=O) groups excluding carboxylic acids is 2. The lowest BCUT2D eigenvalue weighted by atomic mass is 10.0. The van der Waals surface area contributed by atoms with Crippen LogP contribution in [0.15, 0.2) is 90.0 Å². The van der Waals surface area contributed by atoms with Crippen molar-refractivity contribution < 1.29 is 9.59 Å². The number of carbonyl (C=O) groups is 2. The Morgan fingerprint density at radius 2 is 1.54 bits per heavy atom. The number of nitrogens with one attached hydrogen (secondary N) is 2. The van der Waals surface area contributed by atoms with E-state index in [0.29, 0.717) is 5.56 Å². The first kappa shape index (κ1) is 25.6. The van der Waals surface area contributed by atoms with Gasteiger partial charge in [0, 0.05) is 28.2 Å². The van der Waals surface area contributed by atoms with Gasteiger partial charge in [-0.25, -0.2) is 5.43 Å². The predicted molar refractivity (Wildman–Crippen MR) is 148 cm³/mol. The molecule has 4 aromatic rings. The van der Waals surface area contributed by atoms with Gasteiger partial charge in [0.1, 0.15) is 0 Å². The van der Waals surface area contributed by atoms with Gasteiger partial charge >= 0.3 is 0 Å². The first-order valence-corrected chi connectivity index (χ1v) is 12.3. The second-order valence-electron chi connectivity index (χ2n) is 9.23. The molecule has 0 saturated carbocycles. The molecule has 0 bridgehead atoms. The van der Waals surface area contributed by atoms with Crippen molar-refractivity contribution in [1.82, 2.24) is 15.3 Å². The molecular weight excluding hydrogens is 460 g/mol. The number of rotatable bonds is 8. The normalized spacial score (nSPS) is 11.9. The summed E-state index contributed by atoms with van der Waals surface area (Å²) in [5, 5.41) is 7.20. The first-order chi connectivity index (χ1) is 17.8. The van der Waals surface area contributed by atoms with Crippen LogP contribution >= 0.6 is 0 Å². The molecule has 0 aliphatic heterocycles. The Hall–Kier alpha value is -4.45. The maximum Gasteiger partial charge on any atom is 0.251 e. The lowest BCUT2D eigenvalue weighted by Crippen LogP contribution is -2.32. The predicted octanol–water partition coefficient (Wildman–Crippen LogP) is 5.72. The monoisotopic (exact) mass is 492 g/mol. The Morgan fingerprint density at radius 3 is 2.22 bits per heavy atom. The van der Waals surface area contributed by atoms with Crippen molar-refractivity contribution in [2.75, 3.05) is 0 Å². The van der Waals surface area contributed by atoms with E-state index in [1.54, 1.807) is 18.3 Å². The summed E-state index contributed by atoms with van der Waals surface area (Å²) in [5.74, 6) is -0.522. The highest BCUT2D eigenvalue weighted by molar-refractivity contribution is 5.94. The number of aromatic nitrogens is 1. The third kappa shape index (κ3) is 6.22. The second-order valence-corrected chi connectivity index (χ2v) is 9.23. The molecular formula is C31H32N4O2. The van der Waals surface area contributed by atoms with Crippen LogP contribution in [0.4, 0.5) is 0 Å². The van der Waals surface area contributed by atoms with Gasteiger partial charge in [-0.15, -0.1) is 0 Å². The molecule has 0 saturated heterocycles. The molecule has 2 amide bonds. The molecule has 188 valence electrons. The van der Waals surface area contributed by atoms with E-state index in [-0.39, 0.29) is 18.2 Å². The molecule has 1 aromatic heterocycles. The molecule has 0 unspecified atom stereocenters. The van der Waals surface area contributed by atoms with E-state index in [0.717, 1.165) is 28.2 Å². The van der Waals surface area contributed by atoms with Crippen LogP contribution in [0.3, 0.4) is 0 Å². The van der Waals surface area contributed by atoms with Crippen LogP contribution < -0.4 is 10.7 Å². The standard InChI is InChI=1S/C31H32N4O2/c1-21-15-16-28(17-22(21)2)35-23(3)18-27(24(35)4)20-32-34-30(36)19-29(25-11-7-5-8-12-25)33-31(37)26-13-9-6-10-14-26/h5-18,20,29H,19H2,1-4H3,(H,33,37)(H,34,36)/b32-20-/t29-/m0/s1. The fourth-order valence-corrected chi connectivity index (χ4v) is 4.35. The SMILES string of the molecule is Cc1ccc(-n2c(C)cc(/C=N\NC(=O)C[C@H](NC(=O)c3ccccc3)c3ccccc3)c2C)cc1C. The molecule has 0 spiro atoms. The van der Waals surface area contributed by atoms with Gasteiger partial charge in [0.05, 0.1) is 18.7 Å². The molecule has 1 atom stereocenters. The van der Waals surface area contributed by atoms with Gasteiger partial charge < -0.3 is 9.88 Å². The van der Waals surface area contributed by atoms with Crippen LogP contribution in [-0.2, 0) is 4.79 Å². The number of aryl methyl sites for hydroxylation is 3. The minimum absolute atomic E-state index is 0.0571. The van der Waals surface area contributed by atoms with E-state index < -0.39 is 6.04 Å². The second kappa shape index (κ2) is 11.5. The maximum absolute atomic E-state index is 12.8. The van der Waals surface area contributed by atoms with Crippen LogP contribution in [-0.4, -0.2) is 22.6 Å². The highest BCUT2D eigenvalue weighted by Gasteiger charge is 2.19. The van der Waals surface area contributed by atoms with E-state index in [9.17, 15) is 9.59 Å². The van der Waals surface area contributed by atoms with Crippen molar-refractivity contribution >= 4 is 18.0 Å². The van der Waals surface area contributed by atoms with Crippen molar-refractivity contribution in [3.8, 4) is 5.69 Å². The van der Waals surface area contributed by atoms with Crippen molar-refractivity contribution in [2.45, 2.75) is 40.2 Å². The summed E-state index contributed by atoms with van der Waals surface area (Å²) in [5.41, 5.74) is 10.7. The molecule has 37 heavy (non-hydrogen) atoms. The van der Waals surface area contributed by atoms with Gasteiger partial charge in [0.2, 0.25) is 5.91 Å². The van der Waals surface area contributed by atoms with Crippen molar-refractivity contribution in [3.05, 3.63) is 124 Å². The third-order valence-corrected chi connectivity index (χ3v) is 6.54. The van der Waals surface area contributed by atoms with Gasteiger partial charge in [0.25, 0.3) is 5.91 Å². The summed E-state index contributed by atoms with van der Waals surface area (Å²) in [6, 6.07) is 26.4. The van der Waals surface area contributed by atoms with Gasteiger partial charge in [-0.2, -0.15) is 5.10 Å². The Morgan fingerprint density at radius 1 is 0.865 bits per heavy atom. The minimum Gasteiger partial charge on any atom is -0.345 e. The van der Waals surface area contributed by atoms with Crippen molar-refractivity contribution in [1.29, 1.82) is 0 Å². The maximum atomic E-state index is 12.8. The Balaban J connectivity index is 1.45. The van der Waals surface area contributed by atoms with Crippen molar-refractivity contribution in [2.24, 2.45) is 5.10 Å².